The van der Waals surface area contributed by atoms with Crippen LogP contribution in [0.5, 0.6) is 0 Å². The van der Waals surface area contributed by atoms with Gasteiger partial charge in [0.25, 0.3) is 0 Å². The Morgan fingerprint density at radius 3 is 2.57 bits per heavy atom. The number of nitrogens with zero attached hydrogens (tertiary/aromatic N) is 2. The van der Waals surface area contributed by atoms with E-state index in [9.17, 15) is 4.79 Å². The zero-order chi connectivity index (χ0) is 15.3. The molecule has 122 valence electrons. The minimum absolute atomic E-state index is 0.206. The van der Waals surface area contributed by atoms with E-state index in [0.717, 1.165) is 13.0 Å². The lowest BCUT2D eigenvalue weighted by Crippen LogP contribution is -2.51. The number of nitrogens with one attached hydrogen (secondary N) is 1. The van der Waals surface area contributed by atoms with Crippen LogP contribution in [0.25, 0.3) is 0 Å². The third-order valence-electron chi connectivity index (χ3n) is 5.72. The van der Waals surface area contributed by atoms with Gasteiger partial charge in [0.15, 0.2) is 0 Å². The van der Waals surface area contributed by atoms with Crippen LogP contribution in [0.2, 0.25) is 0 Å². The molecule has 1 saturated carbocycles. The smallest absolute Gasteiger partial charge is 0.220 e. The minimum Gasteiger partial charge on any atom is -0.354 e. The summed E-state index contributed by atoms with van der Waals surface area (Å²) in [5, 5.41) is 3.20. The molecule has 1 aliphatic carbocycles. The molecule has 21 heavy (non-hydrogen) atoms. The fourth-order valence-electron chi connectivity index (χ4n) is 3.97. The first-order chi connectivity index (χ1) is 10.0. The van der Waals surface area contributed by atoms with E-state index in [1.165, 1.54) is 51.5 Å². The van der Waals surface area contributed by atoms with Gasteiger partial charge in [-0.1, -0.05) is 19.3 Å². The summed E-state index contributed by atoms with van der Waals surface area (Å²) in [6.45, 7) is 2.01. The van der Waals surface area contributed by atoms with Gasteiger partial charge in [0.05, 0.1) is 0 Å². The molecule has 1 N–H and O–H groups in total. The Bertz CT molecular complexity index is 337. The third kappa shape index (κ3) is 4.43. The number of carbonyl (C=O) groups is 1. The van der Waals surface area contributed by atoms with Crippen molar-refractivity contribution in [2.45, 2.75) is 69.4 Å². The van der Waals surface area contributed by atoms with E-state index in [1.807, 2.05) is 0 Å². The molecule has 4 heteroatoms. The Kier molecular flexibility index (Phi) is 6.06. The molecule has 2 rings (SSSR count). The lowest BCUT2D eigenvalue weighted by Gasteiger charge is -2.36. The zero-order valence-electron chi connectivity index (χ0n) is 14.2. The van der Waals surface area contributed by atoms with Crippen molar-refractivity contribution < 1.29 is 4.79 Å². The van der Waals surface area contributed by atoms with Gasteiger partial charge in [0.1, 0.15) is 0 Å². The highest BCUT2D eigenvalue weighted by atomic mass is 16.1. The molecule has 1 atom stereocenters. The van der Waals surface area contributed by atoms with Gasteiger partial charge in [-0.05, 0) is 59.8 Å². The average molecular weight is 295 g/mol. The van der Waals surface area contributed by atoms with E-state index in [1.54, 1.807) is 0 Å². The van der Waals surface area contributed by atoms with Crippen molar-refractivity contribution in [3.63, 3.8) is 0 Å². The fourth-order valence-corrected chi connectivity index (χ4v) is 3.97. The van der Waals surface area contributed by atoms with Gasteiger partial charge in [-0.15, -0.1) is 0 Å². The summed E-state index contributed by atoms with van der Waals surface area (Å²) in [4.78, 5) is 16.9. The summed E-state index contributed by atoms with van der Waals surface area (Å²) >= 11 is 0. The summed E-state index contributed by atoms with van der Waals surface area (Å²) in [6.07, 6.45) is 10.6. The third-order valence-corrected chi connectivity index (χ3v) is 5.72. The largest absolute Gasteiger partial charge is 0.354 e. The highest BCUT2D eigenvalue weighted by molar-refractivity contribution is 5.76. The number of hydrogen-bond donors (Lipinski definition) is 1. The molecule has 0 bridgehead atoms. The Hall–Kier alpha value is -0.610. The van der Waals surface area contributed by atoms with Crippen molar-refractivity contribution in [1.29, 1.82) is 0 Å². The summed E-state index contributed by atoms with van der Waals surface area (Å²) in [6, 6.07) is 0.610. The van der Waals surface area contributed by atoms with E-state index < -0.39 is 0 Å². The summed E-state index contributed by atoms with van der Waals surface area (Å²) in [7, 11) is 6.49. The van der Waals surface area contributed by atoms with Crippen LogP contribution in [0.4, 0.5) is 0 Å². The Morgan fingerprint density at radius 1 is 1.24 bits per heavy atom. The average Bonchev–Trinajstić information content (AvgIpc) is 2.94. The van der Waals surface area contributed by atoms with Gasteiger partial charge >= 0.3 is 0 Å². The van der Waals surface area contributed by atoms with Crippen molar-refractivity contribution in [1.82, 2.24) is 15.1 Å². The molecule has 1 aliphatic heterocycles. The van der Waals surface area contributed by atoms with Crippen molar-refractivity contribution in [3.8, 4) is 0 Å². The molecule has 4 nitrogen and oxygen atoms in total. The highest BCUT2D eigenvalue weighted by Crippen LogP contribution is 2.33. The maximum atomic E-state index is 12.2. The maximum absolute atomic E-state index is 12.2. The van der Waals surface area contributed by atoms with Crippen LogP contribution < -0.4 is 5.32 Å². The van der Waals surface area contributed by atoms with Crippen molar-refractivity contribution >= 4 is 5.91 Å². The SMILES string of the molecule is CN1CCCCC1CCC(=O)NCC1(N(C)C)CCCC1. The minimum atomic E-state index is 0.206. The quantitative estimate of drug-likeness (QED) is 0.816. The van der Waals surface area contributed by atoms with Crippen molar-refractivity contribution in [2.24, 2.45) is 0 Å². The Labute approximate surface area is 130 Å². The van der Waals surface area contributed by atoms with E-state index >= 15 is 0 Å². The molecule has 0 aromatic heterocycles. The second kappa shape index (κ2) is 7.59. The molecule has 2 aliphatic rings. The predicted octanol–water partition coefficient (Wildman–Crippen LogP) is 2.24. The molecule has 2 fully saturated rings. The first kappa shape index (κ1) is 16.8. The molecule has 1 saturated heterocycles. The van der Waals surface area contributed by atoms with Crippen LogP contribution in [-0.4, -0.2) is 61.5 Å². The lowest BCUT2D eigenvalue weighted by molar-refractivity contribution is -0.122. The molecular weight excluding hydrogens is 262 g/mol. The molecule has 0 aromatic rings. The van der Waals surface area contributed by atoms with Gasteiger partial charge < -0.3 is 15.1 Å². The van der Waals surface area contributed by atoms with E-state index in [2.05, 4.69) is 36.3 Å². The molecular formula is C17H33N3O. The maximum Gasteiger partial charge on any atom is 0.220 e. The highest BCUT2D eigenvalue weighted by Gasteiger charge is 2.36. The van der Waals surface area contributed by atoms with Crippen molar-refractivity contribution in [3.05, 3.63) is 0 Å². The van der Waals surface area contributed by atoms with Gasteiger partial charge in [0, 0.05) is 24.5 Å². The standard InChI is InChI=1S/C17H33N3O/c1-19(2)17(11-5-6-12-17)14-18-16(21)10-9-15-8-4-7-13-20(15)3/h15H,4-14H2,1-3H3,(H,18,21). The second-order valence-electron chi connectivity index (χ2n) is 7.27. The molecule has 0 spiro atoms. The summed E-state index contributed by atoms with van der Waals surface area (Å²) in [5.74, 6) is 0.238. The van der Waals surface area contributed by atoms with E-state index in [0.29, 0.717) is 12.5 Å². The topological polar surface area (TPSA) is 35.6 Å². The number of amides is 1. The van der Waals surface area contributed by atoms with Crippen LogP contribution in [0.3, 0.4) is 0 Å². The number of piperidine rings is 1. The number of likely N-dealkylation sites (N-methyl/N-ethyl adjacent to an activating group) is 1. The lowest BCUT2D eigenvalue weighted by atomic mass is 9.95. The van der Waals surface area contributed by atoms with Gasteiger partial charge in [-0.25, -0.2) is 0 Å². The Morgan fingerprint density at radius 2 is 1.95 bits per heavy atom. The molecule has 1 unspecified atom stereocenters. The fraction of sp³-hybridized carbons (Fsp3) is 0.941. The summed E-state index contributed by atoms with van der Waals surface area (Å²) < 4.78 is 0. The number of carbonyl (C=O) groups excluding carboxylic acids is 1. The molecule has 1 heterocycles. The summed E-state index contributed by atoms with van der Waals surface area (Å²) in [5.41, 5.74) is 0.206. The van der Waals surface area contributed by atoms with Crippen LogP contribution in [0.15, 0.2) is 0 Å². The van der Waals surface area contributed by atoms with Crippen LogP contribution in [0.1, 0.15) is 57.8 Å². The first-order valence-corrected chi connectivity index (χ1v) is 8.68. The van der Waals surface area contributed by atoms with Gasteiger partial charge in [-0.3, -0.25) is 4.79 Å². The monoisotopic (exact) mass is 295 g/mol. The number of hydrogen-bond acceptors (Lipinski definition) is 3. The molecule has 0 aromatic carbocycles. The second-order valence-corrected chi connectivity index (χ2v) is 7.27. The van der Waals surface area contributed by atoms with Crippen molar-refractivity contribution in [2.75, 3.05) is 34.2 Å². The predicted molar refractivity (Wildman–Crippen MR) is 87.4 cm³/mol. The molecule has 1 amide bonds. The number of likely N-dealkylation sites (tertiary alicyclic amines) is 1. The molecule has 0 radical (unpaired) electrons. The first-order valence-electron chi connectivity index (χ1n) is 8.68. The van der Waals surface area contributed by atoms with Gasteiger partial charge in [-0.2, -0.15) is 0 Å². The van der Waals surface area contributed by atoms with E-state index in [-0.39, 0.29) is 11.4 Å². The van der Waals surface area contributed by atoms with Crippen LogP contribution in [0, 0.1) is 0 Å². The number of rotatable bonds is 6. The Balaban J connectivity index is 1.71. The zero-order valence-corrected chi connectivity index (χ0v) is 14.2. The van der Waals surface area contributed by atoms with Crippen LogP contribution in [-0.2, 0) is 4.79 Å². The van der Waals surface area contributed by atoms with E-state index in [4.69, 9.17) is 0 Å². The van der Waals surface area contributed by atoms with Crippen LogP contribution >= 0.6 is 0 Å². The normalized spacial score (nSPS) is 26.2. The van der Waals surface area contributed by atoms with Gasteiger partial charge in [0.2, 0.25) is 5.91 Å².